The monoisotopic (exact) mass is 365 g/mol. The molecule has 6 nitrogen and oxygen atoms in total. The fraction of sp³-hybridized carbons (Fsp3) is 0.471. The van der Waals surface area contributed by atoms with Crippen molar-refractivity contribution in [2.45, 2.75) is 31.6 Å². The van der Waals surface area contributed by atoms with Crippen molar-refractivity contribution in [3.05, 3.63) is 41.8 Å². The molecule has 2 N–H and O–H groups in total. The molecule has 1 heterocycles. The van der Waals surface area contributed by atoms with E-state index in [2.05, 4.69) is 25.8 Å². The van der Waals surface area contributed by atoms with Crippen molar-refractivity contribution < 1.29 is 8.91 Å². The average molecular weight is 365 g/mol. The number of thioether (sulfide) groups is 1. The van der Waals surface area contributed by atoms with Crippen LogP contribution in [0.25, 0.3) is 0 Å². The number of hydrogen-bond donors (Lipinski definition) is 2. The van der Waals surface area contributed by atoms with Gasteiger partial charge < -0.3 is 15.2 Å². The molecule has 2 aromatic rings. The van der Waals surface area contributed by atoms with Crippen LogP contribution in [0.2, 0.25) is 0 Å². The maximum atomic E-state index is 12.8. The molecule has 0 spiro atoms. The minimum atomic E-state index is -0.203. The van der Waals surface area contributed by atoms with Crippen molar-refractivity contribution in [3.63, 3.8) is 0 Å². The molecular weight excluding hydrogens is 341 g/mol. The maximum Gasteiger partial charge on any atom is 0.228 e. The quantitative estimate of drug-likeness (QED) is 0.308. The Morgan fingerprint density at radius 1 is 1.28 bits per heavy atom. The Kier molecular flexibility index (Phi) is 8.24. The van der Waals surface area contributed by atoms with Crippen LogP contribution in [0, 0.1) is 12.7 Å². The Hall–Kier alpha value is -2.09. The minimum absolute atomic E-state index is 0.203. The highest BCUT2D eigenvalue weighted by Crippen LogP contribution is 2.18. The maximum absolute atomic E-state index is 12.8. The summed E-state index contributed by atoms with van der Waals surface area (Å²) in [5, 5.41) is 10.2. The Morgan fingerprint density at radius 3 is 2.76 bits per heavy atom. The van der Waals surface area contributed by atoms with Crippen LogP contribution in [0.4, 0.5) is 4.39 Å². The second-order valence-electron chi connectivity index (χ2n) is 5.33. The number of rotatable bonds is 9. The number of aromatic nitrogens is 2. The number of benzene rings is 1. The highest BCUT2D eigenvalue weighted by atomic mass is 32.2. The Labute approximate surface area is 151 Å². The molecule has 1 aromatic carbocycles. The van der Waals surface area contributed by atoms with Gasteiger partial charge in [0, 0.05) is 31.0 Å². The Bertz CT molecular complexity index is 659. The summed E-state index contributed by atoms with van der Waals surface area (Å²) in [4.78, 5) is 9.79. The van der Waals surface area contributed by atoms with E-state index in [0.29, 0.717) is 24.7 Å². The molecule has 0 aliphatic heterocycles. The van der Waals surface area contributed by atoms with Crippen molar-refractivity contribution in [2.24, 2.45) is 4.99 Å². The van der Waals surface area contributed by atoms with E-state index in [1.54, 1.807) is 30.8 Å². The van der Waals surface area contributed by atoms with Gasteiger partial charge in [-0.15, -0.1) is 11.8 Å². The molecule has 1 aromatic heterocycles. The molecule has 0 unspecified atom stereocenters. The van der Waals surface area contributed by atoms with Crippen LogP contribution in [0.15, 0.2) is 38.7 Å². The van der Waals surface area contributed by atoms with Crippen LogP contribution in [-0.2, 0) is 6.42 Å². The number of halogens is 1. The van der Waals surface area contributed by atoms with Gasteiger partial charge in [0.05, 0.1) is 0 Å². The van der Waals surface area contributed by atoms with Crippen LogP contribution in [0.3, 0.4) is 0 Å². The zero-order chi connectivity index (χ0) is 17.9. The Balaban J connectivity index is 1.66. The molecule has 0 aliphatic carbocycles. The van der Waals surface area contributed by atoms with E-state index in [0.717, 1.165) is 36.1 Å². The smallest absolute Gasteiger partial charge is 0.228 e. The fourth-order valence-corrected chi connectivity index (χ4v) is 2.89. The van der Waals surface area contributed by atoms with Gasteiger partial charge in [0.2, 0.25) is 5.89 Å². The SMILES string of the molecule is CCNC(=NCCCSc1ccc(F)cc1)NCCc1nc(C)no1. The van der Waals surface area contributed by atoms with E-state index in [1.165, 1.54) is 12.1 Å². The van der Waals surface area contributed by atoms with Crippen molar-refractivity contribution >= 4 is 17.7 Å². The number of aliphatic imine (C=N–C) groups is 1. The lowest BCUT2D eigenvalue weighted by atomic mass is 10.4. The molecule has 0 amide bonds. The average Bonchev–Trinajstić information content (AvgIpc) is 3.01. The fourth-order valence-electron chi connectivity index (χ4n) is 2.05. The van der Waals surface area contributed by atoms with Gasteiger partial charge in [-0.3, -0.25) is 4.99 Å². The first-order valence-corrected chi connectivity index (χ1v) is 9.35. The van der Waals surface area contributed by atoms with Crippen molar-refractivity contribution in [1.29, 1.82) is 0 Å². The van der Waals surface area contributed by atoms with Crippen LogP contribution >= 0.6 is 11.8 Å². The van der Waals surface area contributed by atoms with E-state index < -0.39 is 0 Å². The van der Waals surface area contributed by atoms with Crippen LogP contribution in [0.5, 0.6) is 0 Å². The molecule has 0 aliphatic rings. The predicted molar refractivity (Wildman–Crippen MR) is 98.5 cm³/mol. The third-order valence-corrected chi connectivity index (χ3v) is 4.30. The minimum Gasteiger partial charge on any atom is -0.357 e. The van der Waals surface area contributed by atoms with Crippen LogP contribution < -0.4 is 10.6 Å². The lowest BCUT2D eigenvalue weighted by Crippen LogP contribution is -2.38. The molecule has 0 atom stereocenters. The van der Waals surface area contributed by atoms with Gasteiger partial charge in [-0.05, 0) is 50.3 Å². The summed E-state index contributed by atoms with van der Waals surface area (Å²) in [7, 11) is 0. The Morgan fingerprint density at radius 2 is 2.08 bits per heavy atom. The van der Waals surface area contributed by atoms with Gasteiger partial charge in [-0.1, -0.05) is 5.16 Å². The van der Waals surface area contributed by atoms with Gasteiger partial charge in [-0.25, -0.2) is 4.39 Å². The molecule has 2 rings (SSSR count). The molecule has 8 heteroatoms. The predicted octanol–water partition coefficient (Wildman–Crippen LogP) is 2.80. The van der Waals surface area contributed by atoms with Crippen molar-refractivity contribution in [2.75, 3.05) is 25.4 Å². The van der Waals surface area contributed by atoms with Crippen LogP contribution in [-0.4, -0.2) is 41.5 Å². The molecule has 0 saturated heterocycles. The van der Waals surface area contributed by atoms with Crippen molar-refractivity contribution in [3.8, 4) is 0 Å². The van der Waals surface area contributed by atoms with E-state index in [4.69, 9.17) is 4.52 Å². The summed E-state index contributed by atoms with van der Waals surface area (Å²) in [6.45, 7) is 6.04. The number of guanidine groups is 1. The molecule has 0 saturated carbocycles. The zero-order valence-corrected chi connectivity index (χ0v) is 15.4. The third-order valence-electron chi connectivity index (χ3n) is 3.20. The van der Waals surface area contributed by atoms with Gasteiger partial charge >= 0.3 is 0 Å². The second-order valence-corrected chi connectivity index (χ2v) is 6.50. The summed E-state index contributed by atoms with van der Waals surface area (Å²) in [6, 6.07) is 6.57. The first-order valence-electron chi connectivity index (χ1n) is 8.37. The molecule has 136 valence electrons. The summed E-state index contributed by atoms with van der Waals surface area (Å²) >= 11 is 1.71. The molecule has 0 bridgehead atoms. The summed E-state index contributed by atoms with van der Waals surface area (Å²) in [5.41, 5.74) is 0. The lowest BCUT2D eigenvalue weighted by molar-refractivity contribution is 0.374. The van der Waals surface area contributed by atoms with E-state index >= 15 is 0 Å². The molecule has 0 radical (unpaired) electrons. The third kappa shape index (κ3) is 7.55. The topological polar surface area (TPSA) is 75.3 Å². The van der Waals surface area contributed by atoms with Gasteiger partial charge in [0.25, 0.3) is 0 Å². The standard InChI is InChI=1S/C17H24FN5OS/c1-3-19-17(21-11-9-16-22-13(2)23-24-16)20-10-4-12-25-15-7-5-14(18)6-8-15/h5-8H,3-4,9-12H2,1-2H3,(H2,19,20,21). The van der Waals surface area contributed by atoms with Crippen molar-refractivity contribution in [1.82, 2.24) is 20.8 Å². The normalized spacial score (nSPS) is 11.6. The van der Waals surface area contributed by atoms with Crippen LogP contribution in [0.1, 0.15) is 25.1 Å². The number of aryl methyl sites for hydroxylation is 1. The van der Waals surface area contributed by atoms with E-state index in [1.807, 2.05) is 6.92 Å². The summed E-state index contributed by atoms with van der Waals surface area (Å²) < 4.78 is 17.9. The first kappa shape index (κ1) is 19.2. The van der Waals surface area contributed by atoms with Gasteiger partial charge in [-0.2, -0.15) is 4.98 Å². The molecule has 25 heavy (non-hydrogen) atoms. The highest BCUT2D eigenvalue weighted by Gasteiger charge is 2.03. The zero-order valence-electron chi connectivity index (χ0n) is 14.6. The van der Waals surface area contributed by atoms with Gasteiger partial charge in [0.15, 0.2) is 11.8 Å². The van der Waals surface area contributed by atoms with E-state index in [9.17, 15) is 4.39 Å². The second kappa shape index (κ2) is 10.7. The first-order chi connectivity index (χ1) is 12.2. The number of nitrogens with one attached hydrogen (secondary N) is 2. The summed E-state index contributed by atoms with van der Waals surface area (Å²) in [6.07, 6.45) is 1.60. The van der Waals surface area contributed by atoms with E-state index in [-0.39, 0.29) is 5.82 Å². The largest absolute Gasteiger partial charge is 0.357 e. The highest BCUT2D eigenvalue weighted by molar-refractivity contribution is 7.99. The molecule has 0 fully saturated rings. The summed E-state index contributed by atoms with van der Waals surface area (Å²) in [5.74, 6) is 2.79. The number of hydrogen-bond acceptors (Lipinski definition) is 5. The lowest BCUT2D eigenvalue weighted by Gasteiger charge is -2.10. The number of nitrogens with zero attached hydrogens (tertiary/aromatic N) is 3. The van der Waals surface area contributed by atoms with Gasteiger partial charge in [0.1, 0.15) is 5.82 Å². The molecular formula is C17H24FN5OS.